The number of aromatic nitrogens is 3. The van der Waals surface area contributed by atoms with E-state index in [4.69, 9.17) is 5.26 Å². The third kappa shape index (κ3) is 2.37. The van der Waals surface area contributed by atoms with Gasteiger partial charge in [-0.2, -0.15) is 10.4 Å². The van der Waals surface area contributed by atoms with Crippen molar-refractivity contribution in [2.45, 2.75) is 6.42 Å². The van der Waals surface area contributed by atoms with Gasteiger partial charge in [-0.1, -0.05) is 6.07 Å². The van der Waals surface area contributed by atoms with Crippen LogP contribution in [0.3, 0.4) is 0 Å². The molecule has 21 heavy (non-hydrogen) atoms. The van der Waals surface area contributed by atoms with E-state index in [0.29, 0.717) is 23.0 Å². The zero-order valence-electron chi connectivity index (χ0n) is 10.8. The molecule has 0 bridgehead atoms. The first-order valence-electron chi connectivity index (χ1n) is 6.20. The second kappa shape index (κ2) is 5.13. The molecule has 3 rings (SSSR count). The zero-order valence-corrected chi connectivity index (χ0v) is 10.8. The number of nitrogens with zero attached hydrogens (tertiary/aromatic N) is 3. The maximum atomic E-state index is 13.3. The number of nitrogens with one attached hydrogen (secondary N) is 1. The lowest BCUT2D eigenvalue weighted by molar-refractivity contribution is 0.623. The predicted octanol–water partition coefficient (Wildman–Crippen LogP) is 1.92. The lowest BCUT2D eigenvalue weighted by atomic mass is 10.0. The Morgan fingerprint density at radius 2 is 2.19 bits per heavy atom. The quantitative estimate of drug-likeness (QED) is 0.777. The van der Waals surface area contributed by atoms with Crippen LogP contribution in [-0.2, 0) is 6.42 Å². The molecule has 0 saturated carbocycles. The van der Waals surface area contributed by atoms with E-state index < -0.39 is 5.82 Å². The highest BCUT2D eigenvalue weighted by Gasteiger charge is 2.10. The average molecular weight is 280 g/mol. The molecule has 0 aliphatic heterocycles. The molecule has 102 valence electrons. The number of hydrogen-bond donors (Lipinski definition) is 1. The summed E-state index contributed by atoms with van der Waals surface area (Å²) in [5.74, 6) is -0.557. The maximum Gasteiger partial charge on any atom is 0.273 e. The molecular formula is C15H9FN4O. The fourth-order valence-corrected chi connectivity index (χ4v) is 2.13. The molecule has 2 aromatic heterocycles. The van der Waals surface area contributed by atoms with Crippen LogP contribution < -0.4 is 5.56 Å². The van der Waals surface area contributed by atoms with Crippen LogP contribution in [0.25, 0.3) is 10.9 Å². The number of aromatic amines is 1. The Balaban J connectivity index is 2.09. The standard InChI is InChI=1S/C15H9FN4O/c16-12-4-3-9(6-10(12)8-17)7-13-14-11(2-1-5-18-14)15(21)20-19-13/h1-6H,7H2,(H,20,21). The molecule has 1 N–H and O–H groups in total. The second-order valence-electron chi connectivity index (χ2n) is 4.50. The van der Waals surface area contributed by atoms with Gasteiger partial charge in [0.15, 0.2) is 0 Å². The normalized spacial score (nSPS) is 10.5. The third-order valence-corrected chi connectivity index (χ3v) is 3.14. The summed E-state index contributed by atoms with van der Waals surface area (Å²) in [7, 11) is 0. The minimum absolute atomic E-state index is 0.0193. The van der Waals surface area contributed by atoms with E-state index in [1.165, 1.54) is 12.1 Å². The third-order valence-electron chi connectivity index (χ3n) is 3.14. The molecule has 5 nitrogen and oxygen atoms in total. The zero-order chi connectivity index (χ0) is 14.8. The first-order valence-corrected chi connectivity index (χ1v) is 6.20. The average Bonchev–Trinajstić information content (AvgIpc) is 2.52. The van der Waals surface area contributed by atoms with Crippen molar-refractivity contribution < 1.29 is 4.39 Å². The smallest absolute Gasteiger partial charge is 0.267 e. The van der Waals surface area contributed by atoms with Crippen LogP contribution in [0.15, 0.2) is 41.3 Å². The number of hydrogen-bond acceptors (Lipinski definition) is 4. The fraction of sp³-hybridized carbons (Fsp3) is 0.0667. The Hall–Kier alpha value is -3.07. The Morgan fingerprint density at radius 1 is 1.33 bits per heavy atom. The highest BCUT2D eigenvalue weighted by atomic mass is 19.1. The van der Waals surface area contributed by atoms with E-state index in [0.717, 1.165) is 5.56 Å². The molecule has 0 spiro atoms. The Labute approximate surface area is 118 Å². The van der Waals surface area contributed by atoms with Crippen molar-refractivity contribution >= 4 is 10.9 Å². The summed E-state index contributed by atoms with van der Waals surface area (Å²) in [4.78, 5) is 15.9. The van der Waals surface area contributed by atoms with Crippen LogP contribution in [-0.4, -0.2) is 15.2 Å². The van der Waals surface area contributed by atoms with Crippen LogP contribution in [0, 0.1) is 17.1 Å². The van der Waals surface area contributed by atoms with Gasteiger partial charge in [-0.05, 0) is 29.8 Å². The number of benzene rings is 1. The van der Waals surface area contributed by atoms with Gasteiger partial charge in [0.2, 0.25) is 0 Å². The minimum Gasteiger partial charge on any atom is -0.267 e. The lowest BCUT2D eigenvalue weighted by Crippen LogP contribution is -2.12. The number of pyridine rings is 1. The Kier molecular flexibility index (Phi) is 3.16. The summed E-state index contributed by atoms with van der Waals surface area (Å²) in [5, 5.41) is 15.7. The van der Waals surface area contributed by atoms with Gasteiger partial charge in [-0.3, -0.25) is 9.78 Å². The van der Waals surface area contributed by atoms with Crippen molar-refractivity contribution in [3.63, 3.8) is 0 Å². The molecule has 2 heterocycles. The summed E-state index contributed by atoms with van der Waals surface area (Å²) >= 11 is 0. The lowest BCUT2D eigenvalue weighted by Gasteiger charge is -2.05. The van der Waals surface area contributed by atoms with Gasteiger partial charge in [0.1, 0.15) is 11.9 Å². The van der Waals surface area contributed by atoms with Gasteiger partial charge < -0.3 is 0 Å². The van der Waals surface area contributed by atoms with E-state index in [2.05, 4.69) is 15.2 Å². The van der Waals surface area contributed by atoms with Crippen LogP contribution in [0.2, 0.25) is 0 Å². The van der Waals surface area contributed by atoms with Gasteiger partial charge in [0.25, 0.3) is 5.56 Å². The molecule has 0 atom stereocenters. The Morgan fingerprint density at radius 3 is 3.00 bits per heavy atom. The van der Waals surface area contributed by atoms with Crippen LogP contribution in [0.4, 0.5) is 4.39 Å². The molecule has 0 radical (unpaired) electrons. The fourth-order valence-electron chi connectivity index (χ4n) is 2.13. The van der Waals surface area contributed by atoms with Crippen molar-refractivity contribution in [2.24, 2.45) is 0 Å². The number of halogens is 1. The number of fused-ring (bicyclic) bond motifs is 1. The van der Waals surface area contributed by atoms with E-state index in [1.807, 2.05) is 0 Å². The van der Waals surface area contributed by atoms with E-state index in [1.54, 1.807) is 30.5 Å². The topological polar surface area (TPSA) is 82.4 Å². The highest BCUT2D eigenvalue weighted by Crippen LogP contribution is 2.16. The van der Waals surface area contributed by atoms with Crippen LogP contribution in [0.5, 0.6) is 0 Å². The molecule has 0 amide bonds. The van der Waals surface area contributed by atoms with Crippen LogP contribution in [0.1, 0.15) is 16.8 Å². The number of rotatable bonds is 2. The summed E-state index contributed by atoms with van der Waals surface area (Å²) in [6.45, 7) is 0. The van der Waals surface area contributed by atoms with Crippen LogP contribution >= 0.6 is 0 Å². The van der Waals surface area contributed by atoms with Crippen molar-refractivity contribution in [2.75, 3.05) is 0 Å². The number of H-pyrrole nitrogens is 1. The van der Waals surface area contributed by atoms with Crippen molar-refractivity contribution in [1.29, 1.82) is 5.26 Å². The van der Waals surface area contributed by atoms with E-state index in [9.17, 15) is 9.18 Å². The van der Waals surface area contributed by atoms with Gasteiger partial charge >= 0.3 is 0 Å². The van der Waals surface area contributed by atoms with E-state index in [-0.39, 0.29) is 11.1 Å². The molecule has 0 unspecified atom stereocenters. The Bertz CT molecular complexity index is 927. The molecule has 6 heteroatoms. The second-order valence-corrected chi connectivity index (χ2v) is 4.50. The summed E-state index contributed by atoms with van der Waals surface area (Å²) in [6.07, 6.45) is 1.93. The van der Waals surface area contributed by atoms with Gasteiger partial charge in [-0.15, -0.1) is 0 Å². The SMILES string of the molecule is N#Cc1cc(Cc2n[nH]c(=O)c3cccnc23)ccc1F. The minimum atomic E-state index is -0.557. The highest BCUT2D eigenvalue weighted by molar-refractivity contribution is 5.79. The largest absolute Gasteiger partial charge is 0.273 e. The number of nitriles is 1. The van der Waals surface area contributed by atoms with Crippen molar-refractivity contribution in [3.05, 3.63) is 69.5 Å². The van der Waals surface area contributed by atoms with Crippen molar-refractivity contribution in [1.82, 2.24) is 15.2 Å². The molecular weight excluding hydrogens is 271 g/mol. The molecule has 1 aromatic carbocycles. The first-order chi connectivity index (χ1) is 10.2. The first kappa shape index (κ1) is 12.9. The van der Waals surface area contributed by atoms with Gasteiger partial charge in [0, 0.05) is 12.6 Å². The summed E-state index contributed by atoms with van der Waals surface area (Å²) < 4.78 is 13.3. The molecule has 0 saturated heterocycles. The van der Waals surface area contributed by atoms with Gasteiger partial charge in [-0.25, -0.2) is 9.49 Å². The van der Waals surface area contributed by atoms with E-state index >= 15 is 0 Å². The predicted molar refractivity (Wildman–Crippen MR) is 74.1 cm³/mol. The molecule has 0 aliphatic carbocycles. The van der Waals surface area contributed by atoms with Gasteiger partial charge in [0.05, 0.1) is 22.2 Å². The molecule has 3 aromatic rings. The molecule has 0 fully saturated rings. The monoisotopic (exact) mass is 280 g/mol. The van der Waals surface area contributed by atoms with Crippen molar-refractivity contribution in [3.8, 4) is 6.07 Å². The summed E-state index contributed by atoms with van der Waals surface area (Å²) in [5.41, 5.74) is 1.47. The summed E-state index contributed by atoms with van der Waals surface area (Å²) in [6, 6.07) is 9.43. The maximum absolute atomic E-state index is 13.3. The molecule has 0 aliphatic rings.